The number of rotatable bonds is 10. The third kappa shape index (κ3) is 5.70. The fourth-order valence-electron chi connectivity index (χ4n) is 4.83. The highest BCUT2D eigenvalue weighted by Crippen LogP contribution is 2.23. The summed E-state index contributed by atoms with van der Waals surface area (Å²) in [6, 6.07) is 20.2. The Balaban J connectivity index is 1.19. The molecular weight excluding hydrogens is 438 g/mol. The van der Waals surface area contributed by atoms with Crippen molar-refractivity contribution in [3.63, 3.8) is 0 Å². The summed E-state index contributed by atoms with van der Waals surface area (Å²) in [4.78, 5) is 16.7. The van der Waals surface area contributed by atoms with E-state index in [0.717, 1.165) is 53.6 Å². The van der Waals surface area contributed by atoms with Crippen LogP contribution in [0.25, 0.3) is 10.9 Å². The molecule has 0 fully saturated rings. The van der Waals surface area contributed by atoms with Gasteiger partial charge in [0.1, 0.15) is 5.75 Å². The quantitative estimate of drug-likeness (QED) is 0.343. The number of carboxylic acids is 1. The zero-order valence-corrected chi connectivity index (χ0v) is 19.9. The Bertz CT molecular complexity index is 1300. The SMILES string of the molecule is O=C(O)C(CCc1ccccc1)Cn1ncc2cc(OCCc3ccc4c(n3)CCCC4)ccc21. The third-order valence-electron chi connectivity index (χ3n) is 6.84. The molecule has 0 spiro atoms. The van der Waals surface area contributed by atoms with E-state index in [1.165, 1.54) is 24.1 Å². The molecule has 0 saturated carbocycles. The molecular formula is C29H31N3O3. The van der Waals surface area contributed by atoms with E-state index in [4.69, 9.17) is 9.72 Å². The molecule has 1 N–H and O–H groups in total. The molecule has 1 unspecified atom stereocenters. The number of carboxylic acid groups (broad SMARTS) is 1. The summed E-state index contributed by atoms with van der Waals surface area (Å²) in [7, 11) is 0. The second kappa shape index (κ2) is 10.7. The fraction of sp³-hybridized carbons (Fsp3) is 0.345. The maximum absolute atomic E-state index is 11.9. The van der Waals surface area contributed by atoms with E-state index >= 15 is 0 Å². The predicted octanol–water partition coefficient (Wildman–Crippen LogP) is 5.27. The van der Waals surface area contributed by atoms with Gasteiger partial charge in [0.05, 0.1) is 30.8 Å². The molecule has 4 aromatic rings. The van der Waals surface area contributed by atoms with Crippen molar-refractivity contribution in [2.24, 2.45) is 5.92 Å². The Morgan fingerprint density at radius 3 is 2.74 bits per heavy atom. The topological polar surface area (TPSA) is 77.2 Å². The molecule has 1 aliphatic rings. The van der Waals surface area contributed by atoms with Crippen LogP contribution in [0.4, 0.5) is 0 Å². The lowest BCUT2D eigenvalue weighted by atomic mass is 9.96. The summed E-state index contributed by atoms with van der Waals surface area (Å²) in [6.45, 7) is 0.905. The van der Waals surface area contributed by atoms with Crippen molar-refractivity contribution in [1.29, 1.82) is 0 Å². The standard InChI is InChI=1S/C29H31N3O3/c33-29(34)23(11-10-21-6-2-1-3-7-21)20-32-28-15-14-26(18-24(28)19-30-32)35-17-16-25-13-12-22-8-4-5-9-27(22)31-25/h1-3,6-7,12-15,18-19,23H,4-5,8-11,16-17,20H2,(H,33,34). The van der Waals surface area contributed by atoms with Crippen molar-refractivity contribution in [1.82, 2.24) is 14.8 Å². The molecule has 0 bridgehead atoms. The number of benzene rings is 2. The van der Waals surface area contributed by atoms with Crippen molar-refractivity contribution in [2.45, 2.75) is 51.5 Å². The average molecular weight is 470 g/mol. The lowest BCUT2D eigenvalue weighted by Gasteiger charge is -2.15. The summed E-state index contributed by atoms with van der Waals surface area (Å²) >= 11 is 0. The Labute approximate surface area is 205 Å². The van der Waals surface area contributed by atoms with Gasteiger partial charge in [0.25, 0.3) is 0 Å². The van der Waals surface area contributed by atoms with Gasteiger partial charge < -0.3 is 9.84 Å². The molecule has 2 aromatic carbocycles. The molecule has 0 saturated heterocycles. The molecule has 6 nitrogen and oxygen atoms in total. The zero-order valence-electron chi connectivity index (χ0n) is 19.9. The first-order valence-electron chi connectivity index (χ1n) is 12.5. The van der Waals surface area contributed by atoms with Crippen molar-refractivity contribution in [2.75, 3.05) is 6.61 Å². The summed E-state index contributed by atoms with van der Waals surface area (Å²) < 4.78 is 7.80. The molecule has 2 heterocycles. The number of carbonyl (C=O) groups is 1. The Morgan fingerprint density at radius 1 is 1.03 bits per heavy atom. The van der Waals surface area contributed by atoms with E-state index in [1.807, 2.05) is 48.5 Å². The highest BCUT2D eigenvalue weighted by Gasteiger charge is 2.20. The molecule has 1 aliphatic carbocycles. The average Bonchev–Trinajstić information content (AvgIpc) is 3.29. The highest BCUT2D eigenvalue weighted by molar-refractivity contribution is 5.80. The maximum atomic E-state index is 11.9. The van der Waals surface area contributed by atoms with Crippen LogP contribution in [-0.2, 0) is 37.0 Å². The number of hydrogen-bond donors (Lipinski definition) is 1. The first kappa shape index (κ1) is 23.1. The summed E-state index contributed by atoms with van der Waals surface area (Å²) in [5.41, 5.74) is 5.80. The second-order valence-corrected chi connectivity index (χ2v) is 9.32. The van der Waals surface area contributed by atoms with Crippen molar-refractivity contribution >= 4 is 16.9 Å². The number of fused-ring (bicyclic) bond motifs is 2. The lowest BCUT2D eigenvalue weighted by molar-refractivity contribution is -0.142. The van der Waals surface area contributed by atoms with Crippen LogP contribution in [-0.4, -0.2) is 32.4 Å². The number of hydrogen-bond acceptors (Lipinski definition) is 4. The number of aliphatic carboxylic acids is 1. The zero-order chi connectivity index (χ0) is 24.0. The number of aromatic nitrogens is 3. The summed E-state index contributed by atoms with van der Waals surface area (Å²) in [5, 5.41) is 15.2. The van der Waals surface area contributed by atoms with Crippen molar-refractivity contribution in [3.8, 4) is 5.75 Å². The fourth-order valence-corrected chi connectivity index (χ4v) is 4.83. The summed E-state index contributed by atoms with van der Waals surface area (Å²) in [5.74, 6) is -0.507. The molecule has 0 radical (unpaired) electrons. The van der Waals surface area contributed by atoms with Crippen molar-refractivity contribution in [3.05, 3.63) is 89.4 Å². The normalized spacial score (nSPS) is 13.9. The first-order chi connectivity index (χ1) is 17.2. The van der Waals surface area contributed by atoms with Gasteiger partial charge in [-0.25, -0.2) is 0 Å². The minimum absolute atomic E-state index is 0.343. The van der Waals surface area contributed by atoms with E-state index in [1.54, 1.807) is 10.9 Å². The number of aryl methyl sites for hydroxylation is 3. The summed E-state index contributed by atoms with van der Waals surface area (Å²) in [6.07, 6.45) is 8.57. The van der Waals surface area contributed by atoms with Gasteiger partial charge in [-0.3, -0.25) is 14.5 Å². The van der Waals surface area contributed by atoms with E-state index in [-0.39, 0.29) is 0 Å². The van der Waals surface area contributed by atoms with Crippen LogP contribution in [0.3, 0.4) is 0 Å². The van der Waals surface area contributed by atoms with Gasteiger partial charge in [-0.15, -0.1) is 0 Å². The Morgan fingerprint density at radius 2 is 1.89 bits per heavy atom. The maximum Gasteiger partial charge on any atom is 0.308 e. The number of pyridine rings is 1. The molecule has 1 atom stereocenters. The molecule has 0 aliphatic heterocycles. The third-order valence-corrected chi connectivity index (χ3v) is 6.84. The van der Waals surface area contributed by atoms with Crippen molar-refractivity contribution < 1.29 is 14.6 Å². The van der Waals surface area contributed by atoms with Gasteiger partial charge in [-0.1, -0.05) is 36.4 Å². The van der Waals surface area contributed by atoms with Crippen LogP contribution in [0, 0.1) is 5.92 Å². The lowest BCUT2D eigenvalue weighted by Crippen LogP contribution is -2.21. The van der Waals surface area contributed by atoms with E-state index in [0.29, 0.717) is 19.6 Å². The van der Waals surface area contributed by atoms with E-state index < -0.39 is 11.9 Å². The largest absolute Gasteiger partial charge is 0.493 e. The van der Waals surface area contributed by atoms with Gasteiger partial charge in [0, 0.05) is 23.2 Å². The van der Waals surface area contributed by atoms with Crippen LogP contribution in [0.5, 0.6) is 5.75 Å². The van der Waals surface area contributed by atoms with Gasteiger partial charge in [0.2, 0.25) is 0 Å². The van der Waals surface area contributed by atoms with Gasteiger partial charge in [-0.2, -0.15) is 5.10 Å². The minimum Gasteiger partial charge on any atom is -0.493 e. The second-order valence-electron chi connectivity index (χ2n) is 9.32. The Hall–Kier alpha value is -3.67. The first-order valence-corrected chi connectivity index (χ1v) is 12.5. The van der Waals surface area contributed by atoms with Gasteiger partial charge in [0.15, 0.2) is 0 Å². The van der Waals surface area contributed by atoms with Gasteiger partial charge >= 0.3 is 5.97 Å². The van der Waals surface area contributed by atoms with Gasteiger partial charge in [-0.05, 0) is 73.9 Å². The molecule has 6 heteroatoms. The van der Waals surface area contributed by atoms with E-state index in [9.17, 15) is 9.90 Å². The van der Waals surface area contributed by atoms with E-state index in [2.05, 4.69) is 17.2 Å². The molecule has 2 aromatic heterocycles. The predicted molar refractivity (Wildman–Crippen MR) is 136 cm³/mol. The monoisotopic (exact) mass is 469 g/mol. The molecule has 5 rings (SSSR count). The smallest absolute Gasteiger partial charge is 0.308 e. The molecule has 35 heavy (non-hydrogen) atoms. The van der Waals surface area contributed by atoms with Crippen LogP contribution < -0.4 is 4.74 Å². The highest BCUT2D eigenvalue weighted by atomic mass is 16.5. The Kier molecular flexibility index (Phi) is 7.07. The molecule has 180 valence electrons. The van der Waals surface area contributed by atoms with Crippen LogP contribution in [0.1, 0.15) is 41.8 Å². The van der Waals surface area contributed by atoms with Crippen LogP contribution in [0.15, 0.2) is 66.9 Å². The number of ether oxygens (including phenoxy) is 1. The number of nitrogens with zero attached hydrogens (tertiary/aromatic N) is 3. The minimum atomic E-state index is -0.791. The van der Waals surface area contributed by atoms with Crippen LogP contribution in [0.2, 0.25) is 0 Å². The molecule has 0 amide bonds. The van der Waals surface area contributed by atoms with Crippen LogP contribution >= 0.6 is 0 Å².